The Morgan fingerprint density at radius 1 is 1.19 bits per heavy atom. The topological polar surface area (TPSA) is 96.5 Å². The van der Waals surface area contributed by atoms with Gasteiger partial charge >= 0.3 is 5.69 Å². The molecule has 2 aromatic carbocycles. The van der Waals surface area contributed by atoms with Crippen LogP contribution in [-0.4, -0.2) is 21.3 Å². The van der Waals surface area contributed by atoms with Crippen LogP contribution in [0, 0.1) is 10.1 Å². The Kier molecular flexibility index (Phi) is 3.61. The van der Waals surface area contributed by atoms with Crippen LogP contribution in [-0.2, 0) is 0 Å². The fraction of sp³-hybridized carbons (Fsp3) is 0.222. The average Bonchev–Trinajstić information content (AvgIpc) is 3.06. The van der Waals surface area contributed by atoms with Crippen LogP contribution in [0.25, 0.3) is 22.2 Å². The molecule has 8 heteroatoms. The van der Waals surface area contributed by atoms with E-state index in [4.69, 9.17) is 9.47 Å². The van der Waals surface area contributed by atoms with E-state index in [9.17, 15) is 14.9 Å². The molecule has 0 atom stereocenters. The second-order valence-electron chi connectivity index (χ2n) is 6.24. The van der Waals surface area contributed by atoms with Crippen LogP contribution in [0.3, 0.4) is 0 Å². The largest absolute Gasteiger partial charge is 0.454 e. The van der Waals surface area contributed by atoms with E-state index in [0.29, 0.717) is 33.7 Å². The number of non-ortho nitro benzene ring substituents is 1. The Bertz CT molecular complexity index is 1100. The summed E-state index contributed by atoms with van der Waals surface area (Å²) in [6.45, 7) is 3.89. The molecular weight excluding hydrogens is 338 g/mol. The van der Waals surface area contributed by atoms with Gasteiger partial charge in [-0.1, -0.05) is 12.1 Å². The predicted octanol–water partition coefficient (Wildman–Crippen LogP) is 3.28. The zero-order valence-corrected chi connectivity index (χ0v) is 14.1. The smallest absolute Gasteiger partial charge is 0.348 e. The molecule has 0 saturated carbocycles. The number of fused-ring (bicyclic) bond motifs is 2. The van der Waals surface area contributed by atoms with Crippen molar-refractivity contribution in [2.45, 2.75) is 19.9 Å². The number of hydrogen-bond donors (Lipinski definition) is 0. The Balaban J connectivity index is 2.07. The Labute approximate surface area is 147 Å². The first-order valence-electron chi connectivity index (χ1n) is 8.06. The highest BCUT2D eigenvalue weighted by Crippen LogP contribution is 2.39. The molecule has 1 aliphatic heterocycles. The van der Waals surface area contributed by atoms with Crippen LogP contribution in [0.1, 0.15) is 19.9 Å². The van der Waals surface area contributed by atoms with Gasteiger partial charge in [-0.2, -0.15) is 4.98 Å². The van der Waals surface area contributed by atoms with Gasteiger partial charge in [0.2, 0.25) is 6.79 Å². The molecule has 1 aromatic heterocycles. The lowest BCUT2D eigenvalue weighted by Gasteiger charge is -2.16. The van der Waals surface area contributed by atoms with E-state index in [0.717, 1.165) is 0 Å². The molecule has 0 N–H and O–H groups in total. The maximum atomic E-state index is 12.6. The highest BCUT2D eigenvalue weighted by Gasteiger charge is 2.21. The van der Waals surface area contributed by atoms with Gasteiger partial charge in [-0.05, 0) is 19.9 Å². The van der Waals surface area contributed by atoms with Crippen molar-refractivity contribution in [2.75, 3.05) is 6.79 Å². The molecule has 0 aliphatic carbocycles. The highest BCUT2D eigenvalue weighted by molar-refractivity contribution is 5.95. The fourth-order valence-electron chi connectivity index (χ4n) is 3.12. The first-order valence-corrected chi connectivity index (χ1v) is 8.06. The lowest BCUT2D eigenvalue weighted by molar-refractivity contribution is -0.384. The van der Waals surface area contributed by atoms with Crippen LogP contribution in [0.4, 0.5) is 5.69 Å². The number of aromatic nitrogens is 2. The summed E-state index contributed by atoms with van der Waals surface area (Å²) in [6, 6.07) is 9.47. The van der Waals surface area contributed by atoms with Gasteiger partial charge in [0.05, 0.1) is 16.1 Å². The molecule has 0 amide bonds. The summed E-state index contributed by atoms with van der Waals surface area (Å²) in [4.78, 5) is 27.5. The number of hydrogen-bond acceptors (Lipinski definition) is 6. The number of nitro groups is 1. The van der Waals surface area contributed by atoms with E-state index < -0.39 is 10.6 Å². The summed E-state index contributed by atoms with van der Waals surface area (Å²) in [5.74, 6) is 1.11. The van der Waals surface area contributed by atoms with Crippen LogP contribution in [0.15, 0.2) is 41.2 Å². The van der Waals surface area contributed by atoms with Gasteiger partial charge in [0.1, 0.15) is 0 Å². The van der Waals surface area contributed by atoms with Gasteiger partial charge in [-0.3, -0.25) is 14.7 Å². The summed E-state index contributed by atoms with van der Waals surface area (Å²) in [5.41, 5.74) is 1.03. The third-order valence-electron chi connectivity index (χ3n) is 4.27. The molecule has 0 saturated heterocycles. The molecule has 8 nitrogen and oxygen atoms in total. The minimum atomic E-state index is -0.477. The third kappa shape index (κ3) is 2.46. The molecule has 1 aliphatic rings. The van der Waals surface area contributed by atoms with Gasteiger partial charge in [-0.15, -0.1) is 0 Å². The fourth-order valence-corrected chi connectivity index (χ4v) is 3.12. The summed E-state index contributed by atoms with van der Waals surface area (Å²) in [7, 11) is 0. The van der Waals surface area contributed by atoms with Gasteiger partial charge in [-0.25, -0.2) is 4.79 Å². The Hall–Kier alpha value is -3.42. The Morgan fingerprint density at radius 2 is 1.92 bits per heavy atom. The minimum Gasteiger partial charge on any atom is -0.454 e. The Morgan fingerprint density at radius 3 is 2.62 bits per heavy atom. The van der Waals surface area contributed by atoms with Crippen molar-refractivity contribution in [2.24, 2.45) is 0 Å². The molecule has 0 unspecified atom stereocenters. The van der Waals surface area contributed by atoms with Crippen molar-refractivity contribution in [3.63, 3.8) is 0 Å². The van der Waals surface area contributed by atoms with Gasteiger partial charge in [0.15, 0.2) is 11.5 Å². The van der Waals surface area contributed by atoms with E-state index in [1.165, 1.54) is 12.1 Å². The van der Waals surface area contributed by atoms with Crippen molar-refractivity contribution >= 4 is 16.6 Å². The quantitative estimate of drug-likeness (QED) is 0.529. The maximum Gasteiger partial charge on any atom is 0.348 e. The van der Waals surface area contributed by atoms with Crippen LogP contribution >= 0.6 is 0 Å². The second kappa shape index (κ2) is 5.83. The maximum absolute atomic E-state index is 12.6. The molecule has 2 heterocycles. The van der Waals surface area contributed by atoms with E-state index in [2.05, 4.69) is 4.98 Å². The third-order valence-corrected chi connectivity index (χ3v) is 4.27. The van der Waals surface area contributed by atoms with Crippen molar-refractivity contribution in [1.82, 2.24) is 9.55 Å². The zero-order valence-electron chi connectivity index (χ0n) is 14.1. The molecule has 26 heavy (non-hydrogen) atoms. The molecular formula is C18H15N3O5. The lowest BCUT2D eigenvalue weighted by atomic mass is 10.0. The first-order chi connectivity index (χ1) is 12.5. The van der Waals surface area contributed by atoms with E-state index >= 15 is 0 Å². The van der Waals surface area contributed by atoms with E-state index in [1.807, 2.05) is 13.8 Å². The van der Waals surface area contributed by atoms with Gasteiger partial charge in [0.25, 0.3) is 5.69 Å². The number of ether oxygens (including phenoxy) is 2. The summed E-state index contributed by atoms with van der Waals surface area (Å²) in [5, 5.41) is 11.8. The standard InChI is InChI=1S/C18H15N3O5/c1-10(2)20-14-8-16-15(25-9-26-16)7-13(14)17(19-18(20)22)11-4-3-5-12(6-11)21(23)24/h3-8,10H,9H2,1-2H3. The van der Waals surface area contributed by atoms with Crippen LogP contribution in [0.5, 0.6) is 11.5 Å². The molecule has 4 rings (SSSR count). The molecule has 0 radical (unpaired) electrons. The first kappa shape index (κ1) is 16.1. The molecule has 132 valence electrons. The predicted molar refractivity (Wildman–Crippen MR) is 94.6 cm³/mol. The number of benzene rings is 2. The summed E-state index contributed by atoms with van der Waals surface area (Å²) < 4.78 is 12.4. The number of nitrogens with zero attached hydrogens (tertiary/aromatic N) is 3. The molecule has 0 fully saturated rings. The molecule has 0 bridgehead atoms. The minimum absolute atomic E-state index is 0.0637. The zero-order chi connectivity index (χ0) is 18.4. The normalized spacial score (nSPS) is 12.7. The van der Waals surface area contributed by atoms with Crippen molar-refractivity contribution in [1.29, 1.82) is 0 Å². The van der Waals surface area contributed by atoms with Crippen molar-refractivity contribution < 1.29 is 14.4 Å². The highest BCUT2D eigenvalue weighted by atomic mass is 16.7. The monoisotopic (exact) mass is 353 g/mol. The van der Waals surface area contributed by atoms with Gasteiger partial charge < -0.3 is 9.47 Å². The molecule has 0 spiro atoms. The van der Waals surface area contributed by atoms with E-state index in [1.54, 1.807) is 28.8 Å². The summed E-state index contributed by atoms with van der Waals surface area (Å²) >= 11 is 0. The van der Waals surface area contributed by atoms with Gasteiger partial charge in [0, 0.05) is 35.2 Å². The lowest BCUT2D eigenvalue weighted by Crippen LogP contribution is -2.25. The second-order valence-corrected chi connectivity index (χ2v) is 6.24. The number of rotatable bonds is 3. The van der Waals surface area contributed by atoms with E-state index in [-0.39, 0.29) is 18.5 Å². The SMILES string of the molecule is CC(C)n1c(=O)nc(-c2cccc([N+](=O)[O-])c2)c2cc3c(cc21)OCO3. The summed E-state index contributed by atoms with van der Waals surface area (Å²) in [6.07, 6.45) is 0. The van der Waals surface area contributed by atoms with Crippen LogP contribution < -0.4 is 15.2 Å². The molecule has 3 aromatic rings. The van der Waals surface area contributed by atoms with Crippen molar-refractivity contribution in [3.8, 4) is 22.8 Å². The van der Waals surface area contributed by atoms with Crippen molar-refractivity contribution in [3.05, 3.63) is 57.0 Å². The average molecular weight is 353 g/mol. The van der Waals surface area contributed by atoms with Crippen LogP contribution in [0.2, 0.25) is 0 Å². The number of nitro benzene ring substituents is 1.